The molecule has 0 aromatic rings. The first-order valence-corrected chi connectivity index (χ1v) is 5.43. The van der Waals surface area contributed by atoms with Crippen LogP contribution in [0, 0.1) is 5.92 Å². The quantitative estimate of drug-likeness (QED) is 0.706. The summed E-state index contributed by atoms with van der Waals surface area (Å²) in [4.78, 5) is 0. The van der Waals surface area contributed by atoms with E-state index in [1.165, 1.54) is 0 Å². The molecule has 0 fully saturated rings. The lowest BCUT2D eigenvalue weighted by atomic mass is 9.78. The minimum atomic E-state index is -0.607. The van der Waals surface area contributed by atoms with Crippen LogP contribution >= 0.6 is 0 Å². The lowest BCUT2D eigenvalue weighted by molar-refractivity contribution is -0.0222. The maximum atomic E-state index is 9.85. The topological polar surface area (TPSA) is 29.5 Å². The van der Waals surface area contributed by atoms with Crippen LogP contribution in [0.15, 0.2) is 12.2 Å². The van der Waals surface area contributed by atoms with Crippen LogP contribution in [-0.4, -0.2) is 22.9 Å². The van der Waals surface area contributed by atoms with Crippen molar-refractivity contribution in [3.63, 3.8) is 0 Å². The summed E-state index contributed by atoms with van der Waals surface area (Å²) in [7, 11) is 0. The van der Waals surface area contributed by atoms with E-state index in [-0.39, 0.29) is 11.5 Å². The van der Waals surface area contributed by atoms with Crippen molar-refractivity contribution in [1.29, 1.82) is 0 Å². The van der Waals surface area contributed by atoms with E-state index in [0.717, 1.165) is 19.4 Å². The van der Waals surface area contributed by atoms with Gasteiger partial charge in [0.2, 0.25) is 0 Å². The predicted octanol–water partition coefficient (Wildman–Crippen LogP) is 2.52. The van der Waals surface area contributed by atoms with Crippen molar-refractivity contribution in [3.8, 4) is 0 Å². The molecule has 0 bridgehead atoms. The van der Waals surface area contributed by atoms with Crippen molar-refractivity contribution in [3.05, 3.63) is 12.2 Å². The summed E-state index contributed by atoms with van der Waals surface area (Å²) >= 11 is 0. The van der Waals surface area contributed by atoms with Gasteiger partial charge in [-0.15, -0.1) is 0 Å². The molecule has 2 nitrogen and oxygen atoms in total. The minimum absolute atomic E-state index is 0.115. The summed E-state index contributed by atoms with van der Waals surface area (Å²) in [6.45, 7) is 8.60. The van der Waals surface area contributed by atoms with Crippen LogP contribution in [0.25, 0.3) is 0 Å². The zero-order chi connectivity index (χ0) is 10.8. The van der Waals surface area contributed by atoms with Gasteiger partial charge in [-0.05, 0) is 40.5 Å². The van der Waals surface area contributed by atoms with E-state index in [1.54, 1.807) is 0 Å². The van der Waals surface area contributed by atoms with Gasteiger partial charge in [-0.25, -0.2) is 0 Å². The Balaban J connectivity index is 2.63. The Labute approximate surface area is 87.0 Å². The van der Waals surface area contributed by atoms with E-state index in [4.69, 9.17) is 4.74 Å². The third-order valence-electron chi connectivity index (χ3n) is 3.01. The number of rotatable bonds is 3. The third-order valence-corrected chi connectivity index (χ3v) is 3.01. The average molecular weight is 198 g/mol. The number of ether oxygens (including phenoxy) is 1. The third kappa shape index (κ3) is 2.82. The zero-order valence-corrected chi connectivity index (χ0v) is 9.71. The second-order valence-electron chi connectivity index (χ2n) is 4.90. The Morgan fingerprint density at radius 2 is 2.21 bits per heavy atom. The second kappa shape index (κ2) is 4.03. The van der Waals surface area contributed by atoms with Crippen LogP contribution in [-0.2, 0) is 4.74 Å². The highest BCUT2D eigenvalue weighted by atomic mass is 16.5. The Morgan fingerprint density at radius 1 is 1.57 bits per heavy atom. The van der Waals surface area contributed by atoms with Gasteiger partial charge in [0.25, 0.3) is 0 Å². The van der Waals surface area contributed by atoms with Crippen molar-refractivity contribution in [1.82, 2.24) is 0 Å². The monoisotopic (exact) mass is 198 g/mol. The molecule has 0 unspecified atom stereocenters. The van der Waals surface area contributed by atoms with Crippen molar-refractivity contribution in [2.45, 2.75) is 51.7 Å². The molecule has 0 heterocycles. The molecular formula is C12H22O2. The van der Waals surface area contributed by atoms with Gasteiger partial charge in [-0.2, -0.15) is 0 Å². The van der Waals surface area contributed by atoms with Crippen molar-refractivity contribution >= 4 is 0 Å². The number of aliphatic hydroxyl groups is 1. The molecule has 1 N–H and O–H groups in total. The SMILES string of the molecule is CCO[C@]1(C)C=C[C@@H](C(C)(C)O)CC1. The van der Waals surface area contributed by atoms with Gasteiger partial charge in [-0.1, -0.05) is 12.2 Å². The van der Waals surface area contributed by atoms with Gasteiger partial charge >= 0.3 is 0 Å². The van der Waals surface area contributed by atoms with Crippen LogP contribution in [0.1, 0.15) is 40.5 Å². The molecule has 0 aromatic carbocycles. The lowest BCUT2D eigenvalue weighted by Gasteiger charge is -2.36. The Kier molecular flexibility index (Phi) is 3.38. The van der Waals surface area contributed by atoms with Gasteiger partial charge in [0.15, 0.2) is 0 Å². The molecule has 1 aliphatic carbocycles. The zero-order valence-electron chi connectivity index (χ0n) is 9.71. The lowest BCUT2D eigenvalue weighted by Crippen LogP contribution is -2.37. The highest BCUT2D eigenvalue weighted by molar-refractivity contribution is 5.09. The van der Waals surface area contributed by atoms with Crippen LogP contribution in [0.3, 0.4) is 0 Å². The molecule has 0 spiro atoms. The highest BCUT2D eigenvalue weighted by Gasteiger charge is 2.32. The molecule has 1 rings (SSSR count). The van der Waals surface area contributed by atoms with Crippen LogP contribution in [0.4, 0.5) is 0 Å². The first-order chi connectivity index (χ1) is 6.37. The summed E-state index contributed by atoms with van der Waals surface area (Å²) in [6.07, 6.45) is 6.18. The van der Waals surface area contributed by atoms with Gasteiger partial charge in [0.05, 0.1) is 11.2 Å². The average Bonchev–Trinajstić information content (AvgIpc) is 2.03. The van der Waals surface area contributed by atoms with E-state index in [1.807, 2.05) is 20.8 Å². The van der Waals surface area contributed by atoms with Crippen molar-refractivity contribution in [2.75, 3.05) is 6.61 Å². The summed E-state index contributed by atoms with van der Waals surface area (Å²) in [5.41, 5.74) is -0.722. The maximum Gasteiger partial charge on any atom is 0.0834 e. The van der Waals surface area contributed by atoms with Crippen molar-refractivity contribution < 1.29 is 9.84 Å². The van der Waals surface area contributed by atoms with Gasteiger partial charge in [0, 0.05) is 12.5 Å². The minimum Gasteiger partial charge on any atom is -0.390 e. The molecule has 1 aliphatic rings. The normalized spacial score (nSPS) is 33.4. The predicted molar refractivity (Wildman–Crippen MR) is 58.2 cm³/mol. The highest BCUT2D eigenvalue weighted by Crippen LogP contribution is 2.33. The Morgan fingerprint density at radius 3 is 2.57 bits per heavy atom. The van der Waals surface area contributed by atoms with Crippen LogP contribution in [0.2, 0.25) is 0 Å². The Hall–Kier alpha value is -0.340. The summed E-state index contributed by atoms with van der Waals surface area (Å²) in [5, 5.41) is 9.85. The van der Waals surface area contributed by atoms with Crippen molar-refractivity contribution in [2.24, 2.45) is 5.92 Å². The maximum absolute atomic E-state index is 9.85. The van der Waals surface area contributed by atoms with E-state index in [9.17, 15) is 5.11 Å². The van der Waals surface area contributed by atoms with Gasteiger partial charge < -0.3 is 9.84 Å². The van der Waals surface area contributed by atoms with Gasteiger partial charge in [0.1, 0.15) is 0 Å². The number of hydrogen-bond donors (Lipinski definition) is 1. The largest absolute Gasteiger partial charge is 0.390 e. The fourth-order valence-electron chi connectivity index (χ4n) is 1.98. The molecule has 82 valence electrons. The molecule has 0 saturated heterocycles. The van der Waals surface area contributed by atoms with Crippen LogP contribution in [0.5, 0.6) is 0 Å². The molecule has 0 aromatic heterocycles. The summed E-state index contributed by atoms with van der Waals surface area (Å²) < 4.78 is 5.66. The number of hydrogen-bond acceptors (Lipinski definition) is 2. The molecule has 0 aliphatic heterocycles. The molecule has 0 saturated carbocycles. The first-order valence-electron chi connectivity index (χ1n) is 5.43. The molecule has 2 heteroatoms. The van der Waals surface area contributed by atoms with Gasteiger partial charge in [-0.3, -0.25) is 0 Å². The second-order valence-corrected chi connectivity index (χ2v) is 4.90. The molecule has 2 atom stereocenters. The standard InChI is InChI=1S/C12H22O2/c1-5-14-12(4)8-6-10(7-9-12)11(2,3)13/h6,8,10,13H,5,7,9H2,1-4H3/t10-,12-/m1/s1. The van der Waals surface area contributed by atoms with E-state index < -0.39 is 5.60 Å². The summed E-state index contributed by atoms with van der Waals surface area (Å²) in [5.74, 6) is 0.260. The molecule has 0 radical (unpaired) electrons. The van der Waals surface area contributed by atoms with E-state index in [0.29, 0.717) is 0 Å². The fraction of sp³-hybridized carbons (Fsp3) is 0.833. The first kappa shape index (κ1) is 11.7. The fourth-order valence-corrected chi connectivity index (χ4v) is 1.98. The summed E-state index contributed by atoms with van der Waals surface area (Å²) in [6, 6.07) is 0. The smallest absolute Gasteiger partial charge is 0.0834 e. The molecule has 14 heavy (non-hydrogen) atoms. The van der Waals surface area contributed by atoms with E-state index in [2.05, 4.69) is 19.1 Å². The van der Waals surface area contributed by atoms with Crippen LogP contribution < -0.4 is 0 Å². The van der Waals surface area contributed by atoms with E-state index >= 15 is 0 Å². The molecule has 0 amide bonds. The molecular weight excluding hydrogens is 176 g/mol. The Bertz CT molecular complexity index is 215.